The van der Waals surface area contributed by atoms with Gasteiger partial charge in [0.2, 0.25) is 5.91 Å². The van der Waals surface area contributed by atoms with Gasteiger partial charge in [-0.2, -0.15) is 0 Å². The van der Waals surface area contributed by atoms with Crippen LogP contribution >= 0.6 is 12.2 Å². The van der Waals surface area contributed by atoms with Gasteiger partial charge in [0.25, 0.3) is 5.91 Å². The Morgan fingerprint density at radius 1 is 1.17 bits per heavy atom. The zero-order valence-electron chi connectivity index (χ0n) is 9.94. The van der Waals surface area contributed by atoms with Gasteiger partial charge in [-0.3, -0.25) is 20.4 Å². The molecule has 6 nitrogen and oxygen atoms in total. The molecule has 2 amide bonds. The van der Waals surface area contributed by atoms with Crippen molar-refractivity contribution in [3.8, 4) is 5.75 Å². The molecule has 0 unspecified atom stereocenters. The van der Waals surface area contributed by atoms with E-state index in [-0.39, 0.29) is 16.9 Å². The number of hydrogen-bond acceptors (Lipinski definition) is 4. The predicted octanol–water partition coefficient (Wildman–Crippen LogP) is 0.351. The van der Waals surface area contributed by atoms with E-state index in [9.17, 15) is 9.59 Å². The highest BCUT2D eigenvalue weighted by molar-refractivity contribution is 7.80. The van der Waals surface area contributed by atoms with Crippen molar-refractivity contribution >= 4 is 29.1 Å². The van der Waals surface area contributed by atoms with Crippen molar-refractivity contribution in [2.45, 2.75) is 6.92 Å². The molecule has 18 heavy (non-hydrogen) atoms. The van der Waals surface area contributed by atoms with Crippen LogP contribution in [0.1, 0.15) is 17.3 Å². The molecule has 0 spiro atoms. The van der Waals surface area contributed by atoms with Crippen molar-refractivity contribution in [3.63, 3.8) is 0 Å². The van der Waals surface area contributed by atoms with Crippen LogP contribution in [0, 0.1) is 0 Å². The van der Waals surface area contributed by atoms with E-state index in [1.807, 2.05) is 0 Å². The summed E-state index contributed by atoms with van der Waals surface area (Å²) in [7, 11) is 1.54. The lowest BCUT2D eigenvalue weighted by Crippen LogP contribution is -2.47. The fraction of sp³-hybridized carbons (Fsp3) is 0.182. The first-order valence-corrected chi connectivity index (χ1v) is 5.45. The molecule has 0 saturated carbocycles. The number of hydrogen-bond donors (Lipinski definition) is 3. The van der Waals surface area contributed by atoms with E-state index < -0.39 is 0 Å². The van der Waals surface area contributed by atoms with Crippen molar-refractivity contribution in [2.75, 3.05) is 7.11 Å². The van der Waals surface area contributed by atoms with Gasteiger partial charge in [0.1, 0.15) is 5.75 Å². The second-order valence-electron chi connectivity index (χ2n) is 3.32. The second kappa shape index (κ2) is 6.55. The highest BCUT2D eigenvalue weighted by Gasteiger charge is 2.06. The second-order valence-corrected chi connectivity index (χ2v) is 3.73. The van der Waals surface area contributed by atoms with Gasteiger partial charge in [-0.05, 0) is 36.5 Å². The summed E-state index contributed by atoms with van der Waals surface area (Å²) in [5, 5.41) is 2.35. The zero-order chi connectivity index (χ0) is 13.5. The van der Waals surface area contributed by atoms with E-state index in [1.165, 1.54) is 6.92 Å². The maximum atomic E-state index is 11.6. The first-order valence-electron chi connectivity index (χ1n) is 5.05. The number of methoxy groups -OCH3 is 1. The lowest BCUT2D eigenvalue weighted by molar-refractivity contribution is -0.117. The van der Waals surface area contributed by atoms with Crippen LogP contribution in [0.3, 0.4) is 0 Å². The number of benzene rings is 1. The first kappa shape index (κ1) is 13.9. The third-order valence-corrected chi connectivity index (χ3v) is 2.14. The van der Waals surface area contributed by atoms with Crippen LogP contribution in [0.2, 0.25) is 0 Å². The monoisotopic (exact) mass is 267 g/mol. The van der Waals surface area contributed by atoms with Crippen molar-refractivity contribution in [1.82, 2.24) is 16.2 Å². The van der Waals surface area contributed by atoms with Gasteiger partial charge in [0.15, 0.2) is 5.11 Å². The highest BCUT2D eigenvalue weighted by Crippen LogP contribution is 2.10. The number of carbonyl (C=O) groups is 2. The molecule has 1 aromatic rings. The van der Waals surface area contributed by atoms with Gasteiger partial charge < -0.3 is 10.1 Å². The molecule has 7 heteroatoms. The number of carbonyl (C=O) groups excluding carboxylic acids is 2. The smallest absolute Gasteiger partial charge is 0.269 e. The number of ether oxygens (including phenoxy) is 1. The summed E-state index contributed by atoms with van der Waals surface area (Å²) in [4.78, 5) is 22.3. The van der Waals surface area contributed by atoms with E-state index in [4.69, 9.17) is 17.0 Å². The minimum atomic E-state index is -0.370. The van der Waals surface area contributed by atoms with Gasteiger partial charge in [0.05, 0.1) is 7.11 Å². The molecule has 3 N–H and O–H groups in total. The normalized spacial score (nSPS) is 9.22. The van der Waals surface area contributed by atoms with Crippen LogP contribution in [0.5, 0.6) is 5.75 Å². The van der Waals surface area contributed by atoms with Gasteiger partial charge in [-0.25, -0.2) is 0 Å². The molecule has 0 aliphatic heterocycles. The molecule has 0 bridgehead atoms. The van der Waals surface area contributed by atoms with Crippen LogP contribution < -0.4 is 20.9 Å². The SMILES string of the molecule is COc1ccc(C(=O)NNC(=S)NC(C)=O)cc1. The van der Waals surface area contributed by atoms with Crippen LogP contribution in [0.15, 0.2) is 24.3 Å². The molecule has 96 valence electrons. The number of rotatable bonds is 2. The summed E-state index contributed by atoms with van der Waals surface area (Å²) in [5.41, 5.74) is 5.20. The summed E-state index contributed by atoms with van der Waals surface area (Å²) >= 11 is 4.76. The Hall–Kier alpha value is -2.15. The molecule has 0 fully saturated rings. The Morgan fingerprint density at radius 2 is 1.78 bits per heavy atom. The lowest BCUT2D eigenvalue weighted by atomic mass is 10.2. The molecule has 1 rings (SSSR count). The third kappa shape index (κ3) is 4.38. The van der Waals surface area contributed by atoms with Crippen LogP contribution in [-0.2, 0) is 4.79 Å². The number of nitrogens with one attached hydrogen (secondary N) is 3. The summed E-state index contributed by atoms with van der Waals surface area (Å²) in [6, 6.07) is 6.55. The quantitative estimate of drug-likeness (QED) is 0.532. The maximum Gasteiger partial charge on any atom is 0.269 e. The summed E-state index contributed by atoms with van der Waals surface area (Å²) in [6.07, 6.45) is 0. The zero-order valence-corrected chi connectivity index (χ0v) is 10.8. The van der Waals surface area contributed by atoms with Crippen molar-refractivity contribution in [3.05, 3.63) is 29.8 Å². The number of thiocarbonyl (C=S) groups is 1. The Kier molecular flexibility index (Phi) is 5.06. The molecular formula is C11H13N3O3S. The molecule has 0 aliphatic carbocycles. The Labute approximate surface area is 110 Å². The lowest BCUT2D eigenvalue weighted by Gasteiger charge is -2.09. The fourth-order valence-electron chi connectivity index (χ4n) is 1.12. The standard InChI is InChI=1S/C11H13N3O3S/c1-7(15)12-11(18)14-13-10(16)8-3-5-9(17-2)6-4-8/h3-6H,1-2H3,(H,13,16)(H2,12,14,15,18). The third-order valence-electron chi connectivity index (χ3n) is 1.93. The molecule has 0 saturated heterocycles. The molecular weight excluding hydrogens is 254 g/mol. The van der Waals surface area contributed by atoms with E-state index >= 15 is 0 Å². The molecule has 0 heterocycles. The Morgan fingerprint density at radius 3 is 2.28 bits per heavy atom. The number of hydrazine groups is 1. The summed E-state index contributed by atoms with van der Waals surface area (Å²) < 4.78 is 4.98. The van der Waals surface area contributed by atoms with Gasteiger partial charge >= 0.3 is 0 Å². The molecule has 0 aromatic heterocycles. The summed E-state index contributed by atoms with van der Waals surface area (Å²) in [5.74, 6) is -0.0233. The van der Waals surface area contributed by atoms with E-state index in [0.29, 0.717) is 11.3 Å². The Balaban J connectivity index is 2.49. The summed E-state index contributed by atoms with van der Waals surface area (Å²) in [6.45, 7) is 1.32. The van der Waals surface area contributed by atoms with Gasteiger partial charge in [-0.1, -0.05) is 0 Å². The first-order chi connectivity index (χ1) is 8.52. The predicted molar refractivity (Wildman–Crippen MR) is 70.0 cm³/mol. The largest absolute Gasteiger partial charge is 0.497 e. The minimum Gasteiger partial charge on any atom is -0.497 e. The number of amides is 2. The molecule has 0 aliphatic rings. The van der Waals surface area contributed by atoms with E-state index in [1.54, 1.807) is 31.4 Å². The van der Waals surface area contributed by atoms with Crippen LogP contribution in [-0.4, -0.2) is 24.0 Å². The van der Waals surface area contributed by atoms with Crippen LogP contribution in [0.25, 0.3) is 0 Å². The Bertz CT molecular complexity index is 459. The average Bonchev–Trinajstić information content (AvgIpc) is 2.35. The average molecular weight is 267 g/mol. The van der Waals surface area contributed by atoms with E-state index in [2.05, 4.69) is 16.2 Å². The highest BCUT2D eigenvalue weighted by atomic mass is 32.1. The van der Waals surface area contributed by atoms with Crippen molar-refractivity contribution in [2.24, 2.45) is 0 Å². The molecule has 0 radical (unpaired) electrons. The molecule has 0 atom stereocenters. The van der Waals surface area contributed by atoms with E-state index in [0.717, 1.165) is 0 Å². The van der Waals surface area contributed by atoms with Crippen molar-refractivity contribution < 1.29 is 14.3 Å². The van der Waals surface area contributed by atoms with Gasteiger partial charge in [0, 0.05) is 12.5 Å². The van der Waals surface area contributed by atoms with Crippen molar-refractivity contribution in [1.29, 1.82) is 0 Å². The molecule has 1 aromatic carbocycles. The maximum absolute atomic E-state index is 11.6. The van der Waals surface area contributed by atoms with Gasteiger partial charge in [-0.15, -0.1) is 0 Å². The topological polar surface area (TPSA) is 79.5 Å². The fourth-order valence-corrected chi connectivity index (χ4v) is 1.31. The minimum absolute atomic E-state index is 0.0318. The van der Waals surface area contributed by atoms with Crippen LogP contribution in [0.4, 0.5) is 0 Å².